The molecule has 3 rings (SSSR count). The highest BCUT2D eigenvalue weighted by Gasteiger charge is 2.46. The zero-order valence-electron chi connectivity index (χ0n) is 16.9. The van der Waals surface area contributed by atoms with E-state index >= 15 is 0 Å². The number of piperidine rings is 1. The highest BCUT2D eigenvalue weighted by molar-refractivity contribution is 5.95. The van der Waals surface area contributed by atoms with Gasteiger partial charge in [-0.05, 0) is 30.2 Å². The molecule has 2 amide bonds. The molecule has 2 fully saturated rings. The second-order valence-corrected chi connectivity index (χ2v) is 8.98. The number of hydrogen-bond acceptors (Lipinski definition) is 4. The van der Waals surface area contributed by atoms with E-state index in [1.54, 1.807) is 4.90 Å². The number of nitrogens with one attached hydrogen (secondary N) is 1. The fourth-order valence-electron chi connectivity index (χ4n) is 4.08. The minimum Gasteiger partial charge on any atom is -0.368 e. The third-order valence-corrected chi connectivity index (χ3v) is 5.29. The minimum atomic E-state index is -0.650. The molecule has 1 aromatic rings. The number of ketones is 1. The fraction of sp³-hybridized carbons (Fsp3) is 0.591. The number of Topliss-reactive ketones (excluding diaryl/α,β-unsaturated/α-hetero) is 1. The van der Waals surface area contributed by atoms with Gasteiger partial charge in [-0.2, -0.15) is 0 Å². The van der Waals surface area contributed by atoms with Crippen molar-refractivity contribution in [2.45, 2.75) is 64.6 Å². The van der Waals surface area contributed by atoms with Crippen LogP contribution in [-0.4, -0.2) is 53.8 Å². The van der Waals surface area contributed by atoms with Gasteiger partial charge in [-0.1, -0.05) is 51.1 Å². The summed E-state index contributed by atoms with van der Waals surface area (Å²) in [6.07, 6.45) is 2.13. The van der Waals surface area contributed by atoms with Gasteiger partial charge in [0, 0.05) is 6.54 Å². The van der Waals surface area contributed by atoms with Gasteiger partial charge in [-0.3, -0.25) is 14.4 Å². The molecule has 1 aromatic carbocycles. The van der Waals surface area contributed by atoms with Crippen LogP contribution in [0.4, 0.5) is 0 Å². The summed E-state index contributed by atoms with van der Waals surface area (Å²) in [5.41, 5.74) is 0.755. The van der Waals surface area contributed by atoms with Gasteiger partial charge in [0.25, 0.3) is 0 Å². The molecule has 1 N–H and O–H groups in total. The van der Waals surface area contributed by atoms with Crippen molar-refractivity contribution in [3.05, 3.63) is 35.9 Å². The number of carbonyl (C=O) groups is 3. The van der Waals surface area contributed by atoms with E-state index in [1.807, 2.05) is 51.1 Å². The van der Waals surface area contributed by atoms with Gasteiger partial charge in [-0.25, -0.2) is 0 Å². The van der Waals surface area contributed by atoms with E-state index in [9.17, 15) is 14.4 Å². The topological polar surface area (TPSA) is 75.7 Å². The Balaban J connectivity index is 1.74. The van der Waals surface area contributed by atoms with Gasteiger partial charge in [-0.15, -0.1) is 0 Å². The van der Waals surface area contributed by atoms with Crippen molar-refractivity contribution in [1.82, 2.24) is 10.2 Å². The SMILES string of the molecule is CC(C)(C)CC(NC(=O)Cc1ccccc1)C(=O)N1CCCC2OCC(=O)C21. The molecule has 2 aliphatic heterocycles. The van der Waals surface area contributed by atoms with E-state index in [0.717, 1.165) is 18.4 Å². The lowest BCUT2D eigenvalue weighted by atomic mass is 9.86. The third kappa shape index (κ3) is 4.98. The molecule has 0 spiro atoms. The van der Waals surface area contributed by atoms with Crippen LogP contribution in [-0.2, 0) is 25.5 Å². The number of nitrogens with zero attached hydrogens (tertiary/aromatic N) is 1. The van der Waals surface area contributed by atoms with Crippen LogP contribution >= 0.6 is 0 Å². The standard InChI is InChI=1S/C22H30N2O4/c1-22(2,3)13-16(23-19(26)12-15-8-5-4-6-9-15)21(27)24-11-7-10-18-20(24)17(25)14-28-18/h4-6,8-9,16,18,20H,7,10-14H2,1-3H3,(H,23,26). The number of likely N-dealkylation sites (tertiary alicyclic amines) is 1. The summed E-state index contributed by atoms with van der Waals surface area (Å²) in [5.74, 6) is -0.399. The maximum absolute atomic E-state index is 13.4. The number of amides is 2. The second-order valence-electron chi connectivity index (χ2n) is 8.98. The molecule has 152 valence electrons. The third-order valence-electron chi connectivity index (χ3n) is 5.29. The first-order chi connectivity index (χ1) is 13.2. The van der Waals surface area contributed by atoms with Crippen LogP contribution in [0.5, 0.6) is 0 Å². The molecule has 0 radical (unpaired) electrons. The second kappa shape index (κ2) is 8.43. The van der Waals surface area contributed by atoms with Crippen LogP contribution in [0.2, 0.25) is 0 Å². The average Bonchev–Trinajstić information content (AvgIpc) is 3.01. The molecule has 2 heterocycles. The summed E-state index contributed by atoms with van der Waals surface area (Å²) in [6, 6.07) is 8.31. The van der Waals surface area contributed by atoms with Crippen molar-refractivity contribution in [2.24, 2.45) is 5.41 Å². The average molecular weight is 386 g/mol. The predicted molar refractivity (Wildman–Crippen MR) is 106 cm³/mol. The van der Waals surface area contributed by atoms with E-state index in [1.165, 1.54) is 0 Å². The van der Waals surface area contributed by atoms with Crippen LogP contribution in [0, 0.1) is 5.41 Å². The molecule has 0 aliphatic carbocycles. The highest BCUT2D eigenvalue weighted by atomic mass is 16.5. The molecule has 6 heteroatoms. The lowest BCUT2D eigenvalue weighted by Crippen LogP contribution is -2.58. The molecule has 6 nitrogen and oxygen atoms in total. The van der Waals surface area contributed by atoms with Gasteiger partial charge < -0.3 is 15.0 Å². The van der Waals surface area contributed by atoms with Crippen LogP contribution in [0.25, 0.3) is 0 Å². The summed E-state index contributed by atoms with van der Waals surface area (Å²) in [6.45, 7) is 6.73. The molecule has 3 unspecified atom stereocenters. The van der Waals surface area contributed by atoms with E-state index in [2.05, 4.69) is 5.32 Å². The molecule has 2 aliphatic rings. The van der Waals surface area contributed by atoms with E-state index in [0.29, 0.717) is 13.0 Å². The van der Waals surface area contributed by atoms with Gasteiger partial charge in [0.15, 0.2) is 5.78 Å². The summed E-state index contributed by atoms with van der Waals surface area (Å²) in [7, 11) is 0. The Morgan fingerprint density at radius 2 is 1.96 bits per heavy atom. The molecule has 2 saturated heterocycles. The zero-order chi connectivity index (χ0) is 20.3. The highest BCUT2D eigenvalue weighted by Crippen LogP contribution is 2.29. The van der Waals surface area contributed by atoms with Crippen molar-refractivity contribution < 1.29 is 19.1 Å². The Labute approximate surface area is 166 Å². The molecular formula is C22H30N2O4. The van der Waals surface area contributed by atoms with Gasteiger partial charge in [0.1, 0.15) is 18.7 Å². The summed E-state index contributed by atoms with van der Waals surface area (Å²) < 4.78 is 5.56. The van der Waals surface area contributed by atoms with Crippen molar-refractivity contribution in [3.8, 4) is 0 Å². The first kappa shape index (κ1) is 20.5. The van der Waals surface area contributed by atoms with Crippen molar-refractivity contribution in [3.63, 3.8) is 0 Å². The first-order valence-corrected chi connectivity index (χ1v) is 10.0. The molecule has 0 bridgehead atoms. The smallest absolute Gasteiger partial charge is 0.245 e. The number of carbonyl (C=O) groups excluding carboxylic acids is 3. The van der Waals surface area contributed by atoms with Crippen molar-refractivity contribution >= 4 is 17.6 Å². The van der Waals surface area contributed by atoms with E-state index < -0.39 is 12.1 Å². The van der Waals surface area contributed by atoms with Crippen molar-refractivity contribution in [1.29, 1.82) is 0 Å². The normalized spacial score (nSPS) is 23.2. The maximum atomic E-state index is 13.4. The van der Waals surface area contributed by atoms with E-state index in [4.69, 9.17) is 4.74 Å². The Bertz CT molecular complexity index is 726. The number of rotatable bonds is 5. The number of benzene rings is 1. The zero-order valence-corrected chi connectivity index (χ0v) is 16.9. The van der Waals surface area contributed by atoms with Gasteiger partial charge >= 0.3 is 0 Å². The Hall–Kier alpha value is -2.21. The number of fused-ring (bicyclic) bond motifs is 1. The summed E-state index contributed by atoms with van der Waals surface area (Å²) in [5, 5.41) is 2.93. The number of ether oxygens (including phenoxy) is 1. The van der Waals surface area contributed by atoms with Gasteiger partial charge in [0.2, 0.25) is 11.8 Å². The van der Waals surface area contributed by atoms with E-state index in [-0.39, 0.29) is 42.1 Å². The van der Waals surface area contributed by atoms with Gasteiger partial charge in [0.05, 0.1) is 12.5 Å². The molecule has 28 heavy (non-hydrogen) atoms. The summed E-state index contributed by atoms with van der Waals surface area (Å²) in [4.78, 5) is 39.9. The molecular weight excluding hydrogens is 356 g/mol. The molecule has 0 saturated carbocycles. The lowest BCUT2D eigenvalue weighted by molar-refractivity contribution is -0.144. The van der Waals surface area contributed by atoms with Crippen LogP contribution in [0.3, 0.4) is 0 Å². The summed E-state index contributed by atoms with van der Waals surface area (Å²) >= 11 is 0. The molecule has 3 atom stereocenters. The maximum Gasteiger partial charge on any atom is 0.245 e. The van der Waals surface area contributed by atoms with Crippen LogP contribution in [0.1, 0.15) is 45.6 Å². The largest absolute Gasteiger partial charge is 0.368 e. The Morgan fingerprint density at radius 3 is 2.64 bits per heavy atom. The van der Waals surface area contributed by atoms with Crippen LogP contribution < -0.4 is 5.32 Å². The quantitative estimate of drug-likeness (QED) is 0.841. The van der Waals surface area contributed by atoms with Crippen molar-refractivity contribution in [2.75, 3.05) is 13.2 Å². The fourth-order valence-corrected chi connectivity index (χ4v) is 4.08. The Kier molecular flexibility index (Phi) is 6.18. The Morgan fingerprint density at radius 1 is 1.25 bits per heavy atom. The first-order valence-electron chi connectivity index (χ1n) is 10.0. The monoisotopic (exact) mass is 386 g/mol. The number of hydrogen-bond donors (Lipinski definition) is 1. The van der Waals surface area contributed by atoms with Crippen LogP contribution in [0.15, 0.2) is 30.3 Å². The lowest BCUT2D eigenvalue weighted by Gasteiger charge is -2.38. The minimum absolute atomic E-state index is 0.0387. The predicted octanol–water partition coefficient (Wildman–Crippen LogP) is 2.11. The molecule has 0 aromatic heterocycles.